The summed E-state index contributed by atoms with van der Waals surface area (Å²) in [6.07, 6.45) is 1.81. The van der Waals surface area contributed by atoms with E-state index in [9.17, 15) is 9.18 Å². The van der Waals surface area contributed by atoms with Crippen LogP contribution in [0.4, 0.5) is 4.39 Å². The van der Waals surface area contributed by atoms with Gasteiger partial charge in [-0.25, -0.2) is 4.39 Å². The quantitative estimate of drug-likeness (QED) is 0.642. The molecule has 1 atom stereocenters. The predicted octanol–water partition coefficient (Wildman–Crippen LogP) is 2.71. The van der Waals surface area contributed by atoms with Crippen molar-refractivity contribution in [3.63, 3.8) is 0 Å². The van der Waals surface area contributed by atoms with Gasteiger partial charge in [0.2, 0.25) is 11.4 Å². The lowest BCUT2D eigenvalue weighted by Gasteiger charge is -2.36. The van der Waals surface area contributed by atoms with E-state index in [1.165, 1.54) is 12.1 Å². The van der Waals surface area contributed by atoms with Gasteiger partial charge in [-0.05, 0) is 36.2 Å². The van der Waals surface area contributed by atoms with Crippen LogP contribution in [-0.4, -0.2) is 40.2 Å². The van der Waals surface area contributed by atoms with Crippen molar-refractivity contribution >= 4 is 11.6 Å². The van der Waals surface area contributed by atoms with Gasteiger partial charge in [0.15, 0.2) is 6.20 Å². The first-order chi connectivity index (χ1) is 13.4. The standard InChI is InChI=1S/C21H22FN4O2/c1-13(2)16-10-17(14-4-6-15(22)7-5-14)23-25-11-18-20(27)24-8-9-28-12-21(24,3)26(18)19(16)25/h4-7,10-11,13H,8-9,12H2,1-3H3/q+1. The van der Waals surface area contributed by atoms with E-state index < -0.39 is 5.66 Å². The smallest absolute Gasteiger partial charge is 0.313 e. The van der Waals surface area contributed by atoms with E-state index >= 15 is 0 Å². The van der Waals surface area contributed by atoms with Crippen molar-refractivity contribution in [1.82, 2.24) is 14.5 Å². The first-order valence-corrected chi connectivity index (χ1v) is 9.54. The molecule has 6 nitrogen and oxygen atoms in total. The van der Waals surface area contributed by atoms with Crippen molar-refractivity contribution in [2.75, 3.05) is 19.8 Å². The molecule has 0 bridgehead atoms. The highest BCUT2D eigenvalue weighted by molar-refractivity contribution is 5.93. The molecule has 28 heavy (non-hydrogen) atoms. The number of fused-ring (bicyclic) bond motifs is 5. The molecule has 7 heteroatoms. The molecule has 3 aromatic rings. The predicted molar refractivity (Wildman–Crippen MR) is 100 cm³/mol. The third-order valence-electron chi connectivity index (χ3n) is 5.80. The van der Waals surface area contributed by atoms with Crippen LogP contribution in [0.15, 0.2) is 36.5 Å². The van der Waals surface area contributed by atoms with Crippen molar-refractivity contribution in [1.29, 1.82) is 0 Å². The fourth-order valence-corrected chi connectivity index (χ4v) is 4.35. The molecule has 0 N–H and O–H groups in total. The summed E-state index contributed by atoms with van der Waals surface area (Å²) in [5.74, 6) is -0.0527. The molecule has 0 radical (unpaired) electrons. The van der Waals surface area contributed by atoms with E-state index in [4.69, 9.17) is 9.84 Å². The van der Waals surface area contributed by atoms with Gasteiger partial charge in [-0.3, -0.25) is 9.69 Å². The van der Waals surface area contributed by atoms with Gasteiger partial charge in [-0.15, -0.1) is 0 Å². The summed E-state index contributed by atoms with van der Waals surface area (Å²) in [5.41, 5.74) is 3.65. The van der Waals surface area contributed by atoms with Crippen LogP contribution in [0.2, 0.25) is 0 Å². The molecule has 2 aromatic heterocycles. The number of carbonyl (C=O) groups is 1. The highest BCUT2D eigenvalue weighted by Crippen LogP contribution is 2.33. The van der Waals surface area contributed by atoms with Crippen molar-refractivity contribution in [3.8, 4) is 11.3 Å². The minimum absolute atomic E-state index is 0.00865. The number of ether oxygens (including phenoxy) is 1. The van der Waals surface area contributed by atoms with Gasteiger partial charge in [0, 0.05) is 24.6 Å². The fraction of sp³-hybridized carbons (Fsp3) is 0.381. The molecule has 1 amide bonds. The molecule has 5 rings (SSSR count). The maximum Gasteiger partial charge on any atom is 0.313 e. The molecule has 0 aliphatic carbocycles. The van der Waals surface area contributed by atoms with Crippen LogP contribution < -0.4 is 4.57 Å². The Labute approximate surface area is 162 Å². The van der Waals surface area contributed by atoms with Crippen LogP contribution in [0.1, 0.15) is 42.7 Å². The van der Waals surface area contributed by atoms with Crippen molar-refractivity contribution in [3.05, 3.63) is 53.6 Å². The number of benzene rings is 1. The number of rotatable bonds is 2. The first-order valence-electron chi connectivity index (χ1n) is 9.54. The van der Waals surface area contributed by atoms with Crippen LogP contribution in [0.25, 0.3) is 16.9 Å². The molecule has 0 saturated carbocycles. The summed E-state index contributed by atoms with van der Waals surface area (Å²) >= 11 is 0. The molecule has 1 aromatic carbocycles. The second kappa shape index (κ2) is 5.85. The zero-order valence-corrected chi connectivity index (χ0v) is 16.1. The van der Waals surface area contributed by atoms with Crippen LogP contribution in [0, 0.1) is 5.82 Å². The number of nitrogens with zero attached hydrogens (tertiary/aromatic N) is 4. The fourth-order valence-electron chi connectivity index (χ4n) is 4.35. The Balaban J connectivity index is 1.78. The topological polar surface area (TPSA) is 50.7 Å². The van der Waals surface area contributed by atoms with Crippen LogP contribution in [0.3, 0.4) is 0 Å². The normalized spacial score (nSPS) is 21.5. The van der Waals surface area contributed by atoms with E-state index in [0.717, 1.165) is 22.5 Å². The first kappa shape index (κ1) is 17.3. The summed E-state index contributed by atoms with van der Waals surface area (Å²) in [4.78, 5) is 14.9. The number of hydrogen-bond donors (Lipinski definition) is 0. The maximum atomic E-state index is 13.3. The Bertz CT molecular complexity index is 1110. The molecule has 2 aliphatic heterocycles. The number of morpholine rings is 1. The Kier molecular flexibility index (Phi) is 3.61. The van der Waals surface area contributed by atoms with Gasteiger partial charge in [0.1, 0.15) is 18.1 Å². The van der Waals surface area contributed by atoms with Crippen LogP contribution >= 0.6 is 0 Å². The second-order valence-corrected chi connectivity index (χ2v) is 7.99. The summed E-state index contributed by atoms with van der Waals surface area (Å²) in [6, 6.07) is 8.35. The summed E-state index contributed by atoms with van der Waals surface area (Å²) in [7, 11) is 0. The third-order valence-corrected chi connectivity index (χ3v) is 5.80. The molecule has 0 spiro atoms. The highest BCUT2D eigenvalue weighted by atomic mass is 19.1. The van der Waals surface area contributed by atoms with Crippen LogP contribution in [0.5, 0.6) is 0 Å². The largest absolute Gasteiger partial charge is 0.373 e. The highest BCUT2D eigenvalue weighted by Gasteiger charge is 2.55. The van der Waals surface area contributed by atoms with Gasteiger partial charge in [-0.2, -0.15) is 4.57 Å². The van der Waals surface area contributed by atoms with E-state index in [1.54, 1.807) is 22.8 Å². The van der Waals surface area contributed by atoms with Gasteiger partial charge in [0.25, 0.3) is 0 Å². The number of aromatic nitrogens is 3. The van der Waals surface area contributed by atoms with Crippen molar-refractivity contribution in [2.45, 2.75) is 32.4 Å². The number of imidazole rings is 1. The van der Waals surface area contributed by atoms with E-state index in [1.807, 2.05) is 17.9 Å². The van der Waals surface area contributed by atoms with Gasteiger partial charge in [-0.1, -0.05) is 23.5 Å². The average Bonchev–Trinajstić information content (AvgIpc) is 3.16. The monoisotopic (exact) mass is 381 g/mol. The molecule has 1 fully saturated rings. The third kappa shape index (κ3) is 2.26. The minimum Gasteiger partial charge on any atom is -0.373 e. The van der Waals surface area contributed by atoms with E-state index in [0.29, 0.717) is 25.5 Å². The molecule has 1 saturated heterocycles. The number of halogens is 1. The summed E-state index contributed by atoms with van der Waals surface area (Å²) in [6.45, 7) is 7.88. The Morgan fingerprint density at radius 2 is 2.04 bits per heavy atom. The zero-order valence-electron chi connectivity index (χ0n) is 16.1. The van der Waals surface area contributed by atoms with Gasteiger partial charge in [0.05, 0.1) is 6.61 Å². The summed E-state index contributed by atoms with van der Waals surface area (Å²) < 4.78 is 22.9. The lowest BCUT2D eigenvalue weighted by atomic mass is 10.0. The van der Waals surface area contributed by atoms with E-state index in [-0.39, 0.29) is 17.6 Å². The Morgan fingerprint density at radius 1 is 1.29 bits per heavy atom. The number of amides is 1. The Hall–Kier alpha value is -2.80. The minimum atomic E-state index is -0.553. The van der Waals surface area contributed by atoms with Crippen molar-refractivity contribution < 1.29 is 18.5 Å². The average molecular weight is 381 g/mol. The molecular formula is C21H22FN4O2+. The van der Waals surface area contributed by atoms with Gasteiger partial charge >= 0.3 is 11.6 Å². The second-order valence-electron chi connectivity index (χ2n) is 7.99. The lowest BCUT2D eigenvalue weighted by Crippen LogP contribution is -2.65. The molecule has 144 valence electrons. The van der Waals surface area contributed by atoms with Crippen molar-refractivity contribution in [2.24, 2.45) is 0 Å². The molecule has 4 heterocycles. The molecular weight excluding hydrogens is 359 g/mol. The maximum absolute atomic E-state index is 13.3. The Morgan fingerprint density at radius 3 is 2.75 bits per heavy atom. The SMILES string of the molecule is CC(C)c1cc(-c2ccc(F)cc2)nn2cc3[n+](c12)C1(C)COCCN1C3=O. The summed E-state index contributed by atoms with van der Waals surface area (Å²) in [5, 5.41) is 4.75. The zero-order chi connectivity index (χ0) is 19.6. The van der Waals surface area contributed by atoms with Gasteiger partial charge < -0.3 is 4.74 Å². The van der Waals surface area contributed by atoms with Crippen LogP contribution in [-0.2, 0) is 10.4 Å². The molecule has 2 aliphatic rings. The number of hydrogen-bond acceptors (Lipinski definition) is 3. The van der Waals surface area contributed by atoms with E-state index in [2.05, 4.69) is 18.4 Å². The molecule has 1 unspecified atom stereocenters. The number of carbonyl (C=O) groups excluding carboxylic acids is 1. The lowest BCUT2D eigenvalue weighted by molar-refractivity contribution is -0.753.